The van der Waals surface area contributed by atoms with E-state index in [1.165, 1.54) is 12.8 Å². The fourth-order valence-electron chi connectivity index (χ4n) is 2.48. The van der Waals surface area contributed by atoms with Gasteiger partial charge < -0.3 is 10.2 Å². The maximum atomic E-state index is 12.7. The molecule has 0 spiro atoms. The second-order valence-electron chi connectivity index (χ2n) is 6.00. The molecule has 1 amide bonds. The number of carbonyl (C=O) groups excluding carboxylic acids is 1. The Morgan fingerprint density at radius 2 is 2.10 bits per heavy atom. The summed E-state index contributed by atoms with van der Waals surface area (Å²) in [4.78, 5) is 19.2. The second-order valence-corrected chi connectivity index (χ2v) is 6.00. The summed E-state index contributed by atoms with van der Waals surface area (Å²) in [5.74, 6) is 1.68. The summed E-state index contributed by atoms with van der Waals surface area (Å²) in [5, 5.41) is 3.27. The van der Waals surface area contributed by atoms with Crippen LogP contribution in [0.25, 0.3) is 0 Å². The highest BCUT2D eigenvalue weighted by Gasteiger charge is 2.27. The quantitative estimate of drug-likeness (QED) is 0.797. The van der Waals surface area contributed by atoms with Crippen LogP contribution in [0, 0.1) is 12.8 Å². The van der Waals surface area contributed by atoms with Crippen molar-refractivity contribution in [2.75, 3.05) is 25.0 Å². The zero-order chi connectivity index (χ0) is 15.2. The average Bonchev–Trinajstić information content (AvgIpc) is 3.27. The highest BCUT2D eigenvalue weighted by molar-refractivity contribution is 5.95. The summed E-state index contributed by atoms with van der Waals surface area (Å²) in [7, 11) is 0. The Bertz CT molecular complexity index is 483. The molecule has 0 saturated heterocycles. The minimum Gasteiger partial charge on any atom is -0.370 e. The summed E-state index contributed by atoms with van der Waals surface area (Å²) in [6.45, 7) is 8.82. The van der Waals surface area contributed by atoms with E-state index in [9.17, 15) is 4.79 Å². The molecule has 1 N–H and O–H groups in total. The van der Waals surface area contributed by atoms with Crippen molar-refractivity contribution < 1.29 is 4.79 Å². The molecule has 1 aliphatic carbocycles. The standard InChI is InChI=1S/C17H27N3O/c1-4-8-18-16-11-15(10-13(3)19-16)17(21)20(9-5-2)12-14-6-7-14/h10-11,14H,4-9,12H2,1-3H3,(H,18,19). The summed E-state index contributed by atoms with van der Waals surface area (Å²) < 4.78 is 0. The third-order valence-electron chi connectivity index (χ3n) is 3.71. The van der Waals surface area contributed by atoms with Gasteiger partial charge in [-0.05, 0) is 50.7 Å². The van der Waals surface area contributed by atoms with E-state index >= 15 is 0 Å². The van der Waals surface area contributed by atoms with Crippen LogP contribution >= 0.6 is 0 Å². The van der Waals surface area contributed by atoms with Crippen LogP contribution < -0.4 is 5.32 Å². The molecule has 0 aromatic carbocycles. The minimum absolute atomic E-state index is 0.147. The lowest BCUT2D eigenvalue weighted by Crippen LogP contribution is -2.33. The number of rotatable bonds is 8. The SMILES string of the molecule is CCCNc1cc(C(=O)N(CCC)CC2CC2)cc(C)n1. The summed E-state index contributed by atoms with van der Waals surface area (Å²) in [5.41, 5.74) is 1.65. The van der Waals surface area contributed by atoms with Crippen LogP contribution in [0.2, 0.25) is 0 Å². The van der Waals surface area contributed by atoms with Gasteiger partial charge >= 0.3 is 0 Å². The van der Waals surface area contributed by atoms with Crippen LogP contribution in [0.15, 0.2) is 12.1 Å². The fourth-order valence-corrected chi connectivity index (χ4v) is 2.48. The molecule has 0 bridgehead atoms. The van der Waals surface area contributed by atoms with Gasteiger partial charge in [0.15, 0.2) is 0 Å². The third kappa shape index (κ3) is 4.73. The molecule has 1 aliphatic rings. The maximum Gasteiger partial charge on any atom is 0.254 e. The van der Waals surface area contributed by atoms with Gasteiger partial charge in [-0.3, -0.25) is 4.79 Å². The molecule has 1 fully saturated rings. The lowest BCUT2D eigenvalue weighted by atomic mass is 10.1. The van der Waals surface area contributed by atoms with Crippen LogP contribution in [-0.2, 0) is 0 Å². The number of amides is 1. The van der Waals surface area contributed by atoms with E-state index in [4.69, 9.17) is 0 Å². The molecule has 116 valence electrons. The molecule has 4 nitrogen and oxygen atoms in total. The Morgan fingerprint density at radius 1 is 1.33 bits per heavy atom. The fraction of sp³-hybridized carbons (Fsp3) is 0.647. The third-order valence-corrected chi connectivity index (χ3v) is 3.71. The predicted octanol–water partition coefficient (Wildman–Crippen LogP) is 3.47. The zero-order valence-electron chi connectivity index (χ0n) is 13.5. The van der Waals surface area contributed by atoms with Crippen LogP contribution in [-0.4, -0.2) is 35.4 Å². The lowest BCUT2D eigenvalue weighted by molar-refractivity contribution is 0.0747. The van der Waals surface area contributed by atoms with Gasteiger partial charge in [0, 0.05) is 30.9 Å². The summed E-state index contributed by atoms with van der Waals surface area (Å²) >= 11 is 0. The molecule has 1 aromatic rings. The van der Waals surface area contributed by atoms with Gasteiger partial charge in [-0.25, -0.2) is 4.98 Å². The molecule has 1 heterocycles. The first-order valence-corrected chi connectivity index (χ1v) is 8.15. The van der Waals surface area contributed by atoms with Gasteiger partial charge in [-0.1, -0.05) is 13.8 Å². The van der Waals surface area contributed by atoms with Gasteiger partial charge in [0.25, 0.3) is 5.91 Å². The second kappa shape index (κ2) is 7.43. The van der Waals surface area contributed by atoms with Crippen molar-refractivity contribution in [1.82, 2.24) is 9.88 Å². The van der Waals surface area contributed by atoms with Crippen molar-refractivity contribution in [3.05, 3.63) is 23.4 Å². The molecule has 0 aliphatic heterocycles. The molecular formula is C17H27N3O. The predicted molar refractivity (Wildman–Crippen MR) is 86.7 cm³/mol. The normalized spacial score (nSPS) is 14.0. The maximum absolute atomic E-state index is 12.7. The Hall–Kier alpha value is -1.58. The average molecular weight is 289 g/mol. The van der Waals surface area contributed by atoms with E-state index in [1.807, 2.05) is 24.0 Å². The topological polar surface area (TPSA) is 45.2 Å². The number of hydrogen-bond donors (Lipinski definition) is 1. The van der Waals surface area contributed by atoms with Gasteiger partial charge in [0.2, 0.25) is 0 Å². The summed E-state index contributed by atoms with van der Waals surface area (Å²) in [6.07, 6.45) is 4.59. The highest BCUT2D eigenvalue weighted by Crippen LogP contribution is 2.30. The molecule has 21 heavy (non-hydrogen) atoms. The first-order chi connectivity index (χ1) is 10.1. The minimum atomic E-state index is 0.147. The number of pyridine rings is 1. The Kier molecular flexibility index (Phi) is 5.59. The number of aromatic nitrogens is 1. The van der Waals surface area contributed by atoms with E-state index in [0.29, 0.717) is 0 Å². The molecule has 0 unspecified atom stereocenters. The first-order valence-electron chi connectivity index (χ1n) is 8.15. The molecule has 0 atom stereocenters. The lowest BCUT2D eigenvalue weighted by Gasteiger charge is -2.22. The number of hydrogen-bond acceptors (Lipinski definition) is 3. The number of carbonyl (C=O) groups is 1. The molecule has 4 heteroatoms. The van der Waals surface area contributed by atoms with Crippen LogP contribution in [0.3, 0.4) is 0 Å². The van der Waals surface area contributed by atoms with Crippen LogP contribution in [0.5, 0.6) is 0 Å². The number of nitrogens with zero attached hydrogens (tertiary/aromatic N) is 2. The molecule has 2 rings (SSSR count). The van der Waals surface area contributed by atoms with E-state index in [-0.39, 0.29) is 5.91 Å². The van der Waals surface area contributed by atoms with Crippen molar-refractivity contribution in [3.63, 3.8) is 0 Å². The molecule has 0 radical (unpaired) electrons. The van der Waals surface area contributed by atoms with Crippen molar-refractivity contribution in [2.24, 2.45) is 5.92 Å². The Balaban J connectivity index is 2.12. The number of aryl methyl sites for hydroxylation is 1. The van der Waals surface area contributed by atoms with Crippen molar-refractivity contribution in [1.29, 1.82) is 0 Å². The number of anilines is 1. The van der Waals surface area contributed by atoms with Crippen molar-refractivity contribution >= 4 is 11.7 Å². The number of nitrogens with one attached hydrogen (secondary N) is 1. The summed E-state index contributed by atoms with van der Waals surface area (Å²) in [6, 6.07) is 3.79. The van der Waals surface area contributed by atoms with Gasteiger partial charge in [-0.2, -0.15) is 0 Å². The van der Waals surface area contributed by atoms with E-state index in [2.05, 4.69) is 24.1 Å². The molecule has 1 saturated carbocycles. The molecule has 1 aromatic heterocycles. The monoisotopic (exact) mass is 289 g/mol. The van der Waals surface area contributed by atoms with Crippen LogP contribution in [0.1, 0.15) is 55.6 Å². The van der Waals surface area contributed by atoms with Gasteiger partial charge in [0.05, 0.1) is 0 Å². The van der Waals surface area contributed by atoms with Crippen molar-refractivity contribution in [2.45, 2.75) is 46.5 Å². The Morgan fingerprint density at radius 3 is 2.71 bits per heavy atom. The first kappa shape index (κ1) is 15.8. The highest BCUT2D eigenvalue weighted by atomic mass is 16.2. The van der Waals surface area contributed by atoms with E-state index < -0.39 is 0 Å². The van der Waals surface area contributed by atoms with Gasteiger partial charge in [-0.15, -0.1) is 0 Å². The van der Waals surface area contributed by atoms with Crippen molar-refractivity contribution in [3.8, 4) is 0 Å². The largest absolute Gasteiger partial charge is 0.370 e. The smallest absolute Gasteiger partial charge is 0.254 e. The van der Waals surface area contributed by atoms with E-state index in [0.717, 1.165) is 55.5 Å². The van der Waals surface area contributed by atoms with Crippen LogP contribution in [0.4, 0.5) is 5.82 Å². The Labute approximate surface area is 127 Å². The molecular weight excluding hydrogens is 262 g/mol. The zero-order valence-corrected chi connectivity index (χ0v) is 13.5. The van der Waals surface area contributed by atoms with Gasteiger partial charge in [0.1, 0.15) is 5.82 Å². The van der Waals surface area contributed by atoms with E-state index in [1.54, 1.807) is 0 Å².